The zero-order valence-electron chi connectivity index (χ0n) is 17.2. The number of carbonyl (C=O) groups is 1. The number of fused-ring (bicyclic) bond motifs is 1. The Morgan fingerprint density at radius 1 is 1.14 bits per heavy atom. The van der Waals surface area contributed by atoms with Crippen LogP contribution in [0.1, 0.15) is 44.0 Å². The van der Waals surface area contributed by atoms with Gasteiger partial charge in [0.1, 0.15) is 5.82 Å². The van der Waals surface area contributed by atoms with Gasteiger partial charge in [0.05, 0.1) is 17.6 Å². The number of imidazole rings is 1. The fraction of sp³-hybridized carbons (Fsp3) is 0.417. The van der Waals surface area contributed by atoms with Crippen molar-refractivity contribution in [1.82, 2.24) is 14.9 Å². The molecule has 0 bridgehead atoms. The molecule has 0 saturated carbocycles. The van der Waals surface area contributed by atoms with Crippen molar-refractivity contribution in [1.29, 1.82) is 0 Å². The van der Waals surface area contributed by atoms with Gasteiger partial charge in [0.2, 0.25) is 5.91 Å². The molecule has 1 amide bonds. The topological polar surface area (TPSA) is 61.0 Å². The molecule has 1 aromatic heterocycles. The summed E-state index contributed by atoms with van der Waals surface area (Å²) in [5, 5.41) is 3.10. The van der Waals surface area contributed by atoms with Gasteiger partial charge in [0.25, 0.3) is 0 Å². The zero-order valence-corrected chi connectivity index (χ0v) is 17.2. The molecule has 29 heavy (non-hydrogen) atoms. The first-order valence-corrected chi connectivity index (χ1v) is 10.8. The van der Waals surface area contributed by atoms with Gasteiger partial charge in [-0.1, -0.05) is 37.6 Å². The quantitative estimate of drug-likeness (QED) is 0.612. The van der Waals surface area contributed by atoms with Crippen LogP contribution in [-0.4, -0.2) is 33.9 Å². The van der Waals surface area contributed by atoms with Crippen molar-refractivity contribution < 1.29 is 4.79 Å². The predicted octanol–water partition coefficient (Wildman–Crippen LogP) is 4.76. The summed E-state index contributed by atoms with van der Waals surface area (Å²) < 4.78 is 0. The second-order valence-electron chi connectivity index (χ2n) is 8.04. The number of para-hydroxylation sites is 2. The van der Waals surface area contributed by atoms with Crippen molar-refractivity contribution in [2.45, 2.75) is 45.6 Å². The maximum Gasteiger partial charge on any atom is 0.227 e. The number of rotatable bonds is 7. The molecule has 1 fully saturated rings. The van der Waals surface area contributed by atoms with Crippen LogP contribution < -0.4 is 5.32 Å². The minimum Gasteiger partial charge on any atom is -0.341 e. The van der Waals surface area contributed by atoms with Gasteiger partial charge in [-0.2, -0.15) is 0 Å². The molecule has 152 valence electrons. The van der Waals surface area contributed by atoms with Crippen LogP contribution in [0.2, 0.25) is 0 Å². The van der Waals surface area contributed by atoms with E-state index in [1.54, 1.807) is 0 Å². The third kappa shape index (κ3) is 5.04. The van der Waals surface area contributed by atoms with Gasteiger partial charge in [-0.25, -0.2) is 4.98 Å². The average molecular weight is 391 g/mol. The Morgan fingerprint density at radius 3 is 2.62 bits per heavy atom. The first kappa shape index (κ1) is 19.6. The van der Waals surface area contributed by atoms with Crippen LogP contribution in [0.4, 0.5) is 5.69 Å². The largest absolute Gasteiger partial charge is 0.341 e. The third-order valence-electron chi connectivity index (χ3n) is 5.81. The number of carbonyl (C=O) groups excluding carboxylic acids is 1. The van der Waals surface area contributed by atoms with E-state index >= 15 is 0 Å². The second-order valence-corrected chi connectivity index (χ2v) is 8.04. The third-order valence-corrected chi connectivity index (χ3v) is 5.81. The van der Waals surface area contributed by atoms with Crippen molar-refractivity contribution in [3.63, 3.8) is 0 Å². The van der Waals surface area contributed by atoms with E-state index in [2.05, 4.69) is 45.3 Å². The van der Waals surface area contributed by atoms with Crippen LogP contribution in [0.3, 0.4) is 0 Å². The molecule has 1 aliphatic rings. The van der Waals surface area contributed by atoms with E-state index in [1.807, 2.05) is 30.3 Å². The summed E-state index contributed by atoms with van der Waals surface area (Å²) in [6.45, 7) is 4.86. The first-order chi connectivity index (χ1) is 14.2. The minimum absolute atomic E-state index is 0.0849. The molecule has 4 rings (SSSR count). The average Bonchev–Trinajstić information content (AvgIpc) is 3.16. The summed E-state index contributed by atoms with van der Waals surface area (Å²) in [4.78, 5) is 23.1. The molecule has 2 N–H and O–H groups in total. The molecule has 2 heterocycles. The van der Waals surface area contributed by atoms with Crippen LogP contribution in [0.15, 0.2) is 48.5 Å². The molecule has 0 aliphatic carbocycles. The molecule has 5 heteroatoms. The van der Waals surface area contributed by atoms with Crippen LogP contribution in [0.25, 0.3) is 11.0 Å². The Morgan fingerprint density at radius 2 is 1.90 bits per heavy atom. The molecule has 1 aliphatic heterocycles. The fourth-order valence-corrected chi connectivity index (χ4v) is 4.03. The summed E-state index contributed by atoms with van der Waals surface area (Å²) >= 11 is 0. The highest BCUT2D eigenvalue weighted by atomic mass is 16.1. The molecule has 5 nitrogen and oxygen atoms in total. The van der Waals surface area contributed by atoms with Gasteiger partial charge in [0.15, 0.2) is 0 Å². The van der Waals surface area contributed by atoms with Crippen molar-refractivity contribution in [2.24, 2.45) is 5.92 Å². The lowest BCUT2D eigenvalue weighted by Gasteiger charge is -2.30. The molecule has 0 radical (unpaired) electrons. The van der Waals surface area contributed by atoms with Crippen molar-refractivity contribution in [3.8, 4) is 0 Å². The number of hydrogen-bond donors (Lipinski definition) is 2. The van der Waals surface area contributed by atoms with E-state index in [4.69, 9.17) is 0 Å². The Bertz CT molecular complexity index is 906. The molecule has 0 atom stereocenters. The molecular formula is C24H30N4O. The number of anilines is 1. The summed E-state index contributed by atoms with van der Waals surface area (Å²) in [7, 11) is 0. The molecular weight excluding hydrogens is 360 g/mol. The number of hydrogen-bond acceptors (Lipinski definition) is 3. The lowest BCUT2D eigenvalue weighted by Crippen LogP contribution is -2.38. The number of nitrogens with one attached hydrogen (secondary N) is 2. The number of aromatic nitrogens is 2. The number of H-pyrrole nitrogens is 1. The first-order valence-electron chi connectivity index (χ1n) is 10.8. The van der Waals surface area contributed by atoms with Gasteiger partial charge >= 0.3 is 0 Å². The van der Waals surface area contributed by atoms with Crippen LogP contribution in [-0.2, 0) is 17.8 Å². The molecule has 0 unspecified atom stereocenters. The van der Waals surface area contributed by atoms with Crippen molar-refractivity contribution in [2.75, 3.05) is 18.4 Å². The highest BCUT2D eigenvalue weighted by molar-refractivity contribution is 5.92. The highest BCUT2D eigenvalue weighted by Gasteiger charge is 2.25. The number of amides is 1. The molecule has 3 aromatic rings. The maximum atomic E-state index is 12.7. The number of aromatic amines is 1. The zero-order chi connectivity index (χ0) is 20.1. The van der Waals surface area contributed by atoms with Gasteiger partial charge < -0.3 is 10.3 Å². The number of benzene rings is 2. The smallest absolute Gasteiger partial charge is 0.227 e. The van der Waals surface area contributed by atoms with Crippen molar-refractivity contribution >= 4 is 22.6 Å². The number of aryl methyl sites for hydroxylation is 1. The predicted molar refractivity (Wildman–Crippen MR) is 118 cm³/mol. The number of nitrogens with zero attached hydrogens (tertiary/aromatic N) is 2. The highest BCUT2D eigenvalue weighted by Crippen LogP contribution is 2.22. The Kier molecular flexibility index (Phi) is 6.25. The van der Waals surface area contributed by atoms with Crippen LogP contribution in [0.5, 0.6) is 0 Å². The summed E-state index contributed by atoms with van der Waals surface area (Å²) in [5.74, 6) is 1.23. The number of likely N-dealkylation sites (tertiary alicyclic amines) is 1. The maximum absolute atomic E-state index is 12.7. The molecule has 1 saturated heterocycles. The fourth-order valence-electron chi connectivity index (χ4n) is 4.03. The Labute approximate surface area is 172 Å². The van der Waals surface area contributed by atoms with E-state index in [0.29, 0.717) is 0 Å². The van der Waals surface area contributed by atoms with Gasteiger partial charge in [-0.3, -0.25) is 9.69 Å². The SMILES string of the molecule is CCCCc1ccc(NC(=O)C2CCN(Cc3nc4ccccc4[nH]3)CC2)cc1. The minimum atomic E-state index is 0.0849. The van der Waals surface area contributed by atoms with Crippen molar-refractivity contribution in [3.05, 3.63) is 59.9 Å². The van der Waals surface area contributed by atoms with E-state index in [0.717, 1.165) is 61.4 Å². The normalized spacial score (nSPS) is 15.6. The Hall–Kier alpha value is -2.66. The lowest BCUT2D eigenvalue weighted by atomic mass is 9.95. The van der Waals surface area contributed by atoms with E-state index in [-0.39, 0.29) is 11.8 Å². The summed E-state index contributed by atoms with van der Waals surface area (Å²) in [6.07, 6.45) is 5.29. The van der Waals surface area contributed by atoms with E-state index < -0.39 is 0 Å². The van der Waals surface area contributed by atoms with Crippen LogP contribution in [0, 0.1) is 5.92 Å². The standard InChI is InChI=1S/C24H30N4O/c1-2-3-6-18-9-11-20(12-10-18)25-24(29)19-13-15-28(16-14-19)17-23-26-21-7-4-5-8-22(21)27-23/h4-5,7-12,19H,2-3,6,13-17H2,1H3,(H,25,29)(H,26,27). The molecule has 2 aromatic carbocycles. The van der Waals surface area contributed by atoms with Crippen LogP contribution >= 0.6 is 0 Å². The molecule has 0 spiro atoms. The summed E-state index contributed by atoms with van der Waals surface area (Å²) in [5.41, 5.74) is 4.33. The number of piperidine rings is 1. The van der Waals surface area contributed by atoms with Gasteiger partial charge in [0, 0.05) is 11.6 Å². The second kappa shape index (κ2) is 9.23. The lowest BCUT2D eigenvalue weighted by molar-refractivity contribution is -0.121. The Balaban J connectivity index is 1.26. The summed E-state index contributed by atoms with van der Waals surface area (Å²) in [6, 6.07) is 16.4. The van der Waals surface area contributed by atoms with E-state index in [1.165, 1.54) is 18.4 Å². The van der Waals surface area contributed by atoms with E-state index in [9.17, 15) is 4.79 Å². The van der Waals surface area contributed by atoms with Gasteiger partial charge in [-0.05, 0) is 68.6 Å². The monoisotopic (exact) mass is 390 g/mol. The number of unbranched alkanes of at least 4 members (excludes halogenated alkanes) is 1. The van der Waals surface area contributed by atoms with Gasteiger partial charge in [-0.15, -0.1) is 0 Å².